The number of nitrogens with two attached hydrogens (primary N) is 1. The Morgan fingerprint density at radius 2 is 2.06 bits per heavy atom. The number of nitrogens with one attached hydrogen (secondary N) is 1. The number of carbonyl (C=O) groups excluding carboxylic acids is 1. The van der Waals surface area contributed by atoms with Crippen LogP contribution < -0.4 is 11.1 Å². The van der Waals surface area contributed by atoms with E-state index in [9.17, 15) is 4.79 Å². The average molecular weight is 247 g/mol. The molecule has 0 aliphatic rings. The van der Waals surface area contributed by atoms with Crippen LogP contribution >= 0.6 is 11.6 Å². The van der Waals surface area contributed by atoms with Crippen LogP contribution in [0.4, 0.5) is 5.69 Å². The summed E-state index contributed by atoms with van der Waals surface area (Å²) in [6.45, 7) is 0. The number of benzene rings is 1. The van der Waals surface area contributed by atoms with E-state index >= 15 is 0 Å². The molecule has 1 aromatic rings. The van der Waals surface area contributed by atoms with Crippen LogP contribution in [0.1, 0.15) is 10.4 Å². The molecule has 1 aromatic carbocycles. The van der Waals surface area contributed by atoms with Gasteiger partial charge in [-0.05, 0) is 18.2 Å². The van der Waals surface area contributed by atoms with E-state index in [0.717, 1.165) is 0 Å². The second kappa shape index (κ2) is 5.55. The molecule has 0 saturated carbocycles. The van der Waals surface area contributed by atoms with Gasteiger partial charge in [-0.15, -0.1) is 0 Å². The molecule has 0 fully saturated rings. The van der Waals surface area contributed by atoms with Gasteiger partial charge in [0.1, 0.15) is 17.7 Å². The first kappa shape index (κ1) is 12.6. The van der Waals surface area contributed by atoms with Crippen LogP contribution in [0.25, 0.3) is 0 Å². The lowest BCUT2D eigenvalue weighted by Crippen LogP contribution is -2.13. The molecule has 0 atom stereocenters. The predicted octanol–water partition coefficient (Wildman–Crippen LogP) is 1.78. The lowest BCUT2D eigenvalue weighted by Gasteiger charge is -2.06. The summed E-state index contributed by atoms with van der Waals surface area (Å²) in [4.78, 5) is 11.1. The molecule has 0 aliphatic carbocycles. The van der Waals surface area contributed by atoms with Crippen molar-refractivity contribution in [2.75, 3.05) is 5.32 Å². The highest BCUT2D eigenvalue weighted by Gasteiger charge is 2.08. The van der Waals surface area contributed by atoms with Gasteiger partial charge in [0.2, 0.25) is 0 Å². The zero-order valence-corrected chi connectivity index (χ0v) is 9.32. The molecule has 0 aromatic heterocycles. The fraction of sp³-hybridized carbons (Fsp3) is 0. The first-order valence-corrected chi connectivity index (χ1v) is 4.82. The van der Waals surface area contributed by atoms with E-state index in [1.807, 2.05) is 0 Å². The van der Waals surface area contributed by atoms with Crippen LogP contribution in [0.15, 0.2) is 30.0 Å². The van der Waals surface area contributed by atoms with E-state index < -0.39 is 5.91 Å². The fourth-order valence-corrected chi connectivity index (χ4v) is 1.26. The van der Waals surface area contributed by atoms with Crippen molar-refractivity contribution < 1.29 is 4.79 Å². The van der Waals surface area contributed by atoms with Crippen LogP contribution in [0.3, 0.4) is 0 Å². The Kier molecular flexibility index (Phi) is 4.10. The van der Waals surface area contributed by atoms with Crippen LogP contribution in [0.5, 0.6) is 0 Å². The quantitative estimate of drug-likeness (QED) is 0.794. The Labute approximate surface area is 103 Å². The van der Waals surface area contributed by atoms with Crippen molar-refractivity contribution in [3.63, 3.8) is 0 Å². The Balaban J connectivity index is 3.09. The summed E-state index contributed by atoms with van der Waals surface area (Å²) >= 11 is 5.72. The number of carbonyl (C=O) groups is 1. The van der Waals surface area contributed by atoms with Gasteiger partial charge in [-0.25, -0.2) is 0 Å². The Hall–Kier alpha value is -2.50. The molecule has 1 rings (SSSR count). The van der Waals surface area contributed by atoms with Crippen molar-refractivity contribution in [2.24, 2.45) is 5.73 Å². The highest BCUT2D eigenvalue weighted by molar-refractivity contribution is 6.31. The van der Waals surface area contributed by atoms with E-state index in [1.165, 1.54) is 18.3 Å². The Bertz CT molecular complexity index is 550. The minimum Gasteiger partial charge on any atom is -0.366 e. The number of rotatable bonds is 3. The maximum Gasteiger partial charge on any atom is 0.250 e. The number of anilines is 1. The van der Waals surface area contributed by atoms with Crippen LogP contribution in [-0.2, 0) is 0 Å². The highest BCUT2D eigenvalue weighted by atomic mass is 35.5. The van der Waals surface area contributed by atoms with E-state index in [0.29, 0.717) is 10.7 Å². The summed E-state index contributed by atoms with van der Waals surface area (Å²) in [5.74, 6) is -0.654. The number of nitriles is 2. The average Bonchev–Trinajstić information content (AvgIpc) is 2.31. The zero-order valence-electron chi connectivity index (χ0n) is 8.57. The molecule has 0 radical (unpaired) electrons. The first-order valence-electron chi connectivity index (χ1n) is 4.44. The lowest BCUT2D eigenvalue weighted by atomic mass is 10.1. The molecule has 0 aliphatic heterocycles. The second-order valence-corrected chi connectivity index (χ2v) is 3.42. The largest absolute Gasteiger partial charge is 0.366 e. The van der Waals surface area contributed by atoms with Crippen molar-refractivity contribution in [1.82, 2.24) is 0 Å². The number of halogens is 1. The van der Waals surface area contributed by atoms with Gasteiger partial charge in [-0.3, -0.25) is 4.79 Å². The fourth-order valence-electron chi connectivity index (χ4n) is 1.09. The second-order valence-electron chi connectivity index (χ2n) is 2.98. The smallest absolute Gasteiger partial charge is 0.250 e. The van der Waals surface area contributed by atoms with Crippen molar-refractivity contribution >= 4 is 23.2 Å². The molecular formula is C11H7ClN4O. The third-order valence-electron chi connectivity index (χ3n) is 1.86. The summed E-state index contributed by atoms with van der Waals surface area (Å²) in [6.07, 6.45) is 1.19. The maximum atomic E-state index is 11.1. The number of hydrogen-bond donors (Lipinski definition) is 2. The molecule has 1 amide bonds. The van der Waals surface area contributed by atoms with Gasteiger partial charge in [0.05, 0.1) is 11.3 Å². The van der Waals surface area contributed by atoms with Gasteiger partial charge in [-0.1, -0.05) is 11.6 Å². The topological polar surface area (TPSA) is 103 Å². The lowest BCUT2D eigenvalue weighted by molar-refractivity contribution is 0.100. The first-order chi connectivity index (χ1) is 8.08. The number of amides is 1. The number of primary amides is 1. The van der Waals surface area contributed by atoms with Crippen molar-refractivity contribution in [3.05, 3.63) is 40.6 Å². The summed E-state index contributed by atoms with van der Waals surface area (Å²) in [5, 5.41) is 20.1. The van der Waals surface area contributed by atoms with E-state index in [-0.39, 0.29) is 11.1 Å². The third kappa shape index (κ3) is 3.23. The number of hydrogen-bond acceptors (Lipinski definition) is 4. The third-order valence-corrected chi connectivity index (χ3v) is 2.10. The molecule has 0 unspecified atom stereocenters. The monoisotopic (exact) mass is 246 g/mol. The molecular weight excluding hydrogens is 240 g/mol. The Morgan fingerprint density at radius 1 is 1.41 bits per heavy atom. The summed E-state index contributed by atoms with van der Waals surface area (Å²) in [7, 11) is 0. The van der Waals surface area contributed by atoms with Gasteiger partial charge in [0.25, 0.3) is 5.91 Å². The number of allylic oxidation sites excluding steroid dienone is 1. The minimum atomic E-state index is -0.654. The molecule has 5 nitrogen and oxygen atoms in total. The van der Waals surface area contributed by atoms with E-state index in [1.54, 1.807) is 18.2 Å². The van der Waals surface area contributed by atoms with Crippen LogP contribution in [-0.4, -0.2) is 5.91 Å². The molecule has 84 valence electrons. The van der Waals surface area contributed by atoms with Gasteiger partial charge < -0.3 is 11.1 Å². The highest BCUT2D eigenvalue weighted by Crippen LogP contribution is 2.20. The maximum absolute atomic E-state index is 11.1. The molecule has 0 saturated heterocycles. The van der Waals surface area contributed by atoms with Gasteiger partial charge >= 0.3 is 0 Å². The van der Waals surface area contributed by atoms with E-state index in [2.05, 4.69) is 5.32 Å². The molecule has 0 bridgehead atoms. The van der Waals surface area contributed by atoms with E-state index in [4.69, 9.17) is 27.9 Å². The zero-order chi connectivity index (χ0) is 12.8. The summed E-state index contributed by atoms with van der Waals surface area (Å²) in [5.41, 5.74) is 5.61. The Morgan fingerprint density at radius 3 is 2.59 bits per heavy atom. The van der Waals surface area contributed by atoms with Gasteiger partial charge in [-0.2, -0.15) is 10.5 Å². The van der Waals surface area contributed by atoms with Crippen molar-refractivity contribution in [1.29, 1.82) is 10.5 Å². The molecule has 0 spiro atoms. The van der Waals surface area contributed by atoms with Crippen molar-refractivity contribution in [3.8, 4) is 12.1 Å². The summed E-state index contributed by atoms with van der Waals surface area (Å²) < 4.78 is 0. The molecule has 6 heteroatoms. The molecule has 17 heavy (non-hydrogen) atoms. The number of nitrogens with zero attached hydrogens (tertiary/aromatic N) is 2. The standard InChI is InChI=1S/C11H7ClN4O/c12-8-1-2-10(9(3-8)11(15)17)16-6-7(4-13)5-14/h1-3,6,16H,(H2,15,17). The minimum absolute atomic E-state index is 0.115. The molecule has 3 N–H and O–H groups in total. The van der Waals surface area contributed by atoms with Crippen LogP contribution in [0.2, 0.25) is 5.02 Å². The van der Waals surface area contributed by atoms with Crippen LogP contribution in [0, 0.1) is 22.7 Å². The predicted molar refractivity (Wildman–Crippen MR) is 62.9 cm³/mol. The SMILES string of the molecule is N#CC(C#N)=CNc1ccc(Cl)cc1C(N)=O. The summed E-state index contributed by atoms with van der Waals surface area (Å²) in [6, 6.07) is 7.85. The van der Waals surface area contributed by atoms with Gasteiger partial charge in [0, 0.05) is 11.2 Å². The van der Waals surface area contributed by atoms with Crippen molar-refractivity contribution in [2.45, 2.75) is 0 Å². The molecule has 0 heterocycles. The van der Waals surface area contributed by atoms with Gasteiger partial charge in [0.15, 0.2) is 0 Å². The normalized spacial score (nSPS) is 8.65.